The quantitative estimate of drug-likeness (QED) is 0.436. The van der Waals surface area contributed by atoms with E-state index in [2.05, 4.69) is 11.6 Å². The molecular formula is C2H6KSe. The van der Waals surface area contributed by atoms with Crippen LogP contribution in [0.3, 0.4) is 0 Å². The van der Waals surface area contributed by atoms with E-state index in [4.69, 9.17) is 0 Å². The molecule has 0 fully saturated rings. The monoisotopic (exact) mass is 149 g/mol. The molecule has 0 aliphatic rings. The van der Waals surface area contributed by atoms with Crippen molar-refractivity contribution in [2.24, 2.45) is 0 Å². The first-order valence-corrected chi connectivity index (χ1v) is 4.24. The molecule has 0 N–H and O–H groups in total. The summed E-state index contributed by atoms with van der Waals surface area (Å²) in [6.07, 6.45) is 0. The third kappa shape index (κ3) is 8.91. The summed E-state index contributed by atoms with van der Waals surface area (Å²) in [5.41, 5.74) is 0. The zero-order valence-corrected chi connectivity index (χ0v) is 8.24. The molecule has 0 amide bonds. The van der Waals surface area contributed by atoms with E-state index in [0.29, 0.717) is 0 Å². The molecule has 0 aromatic rings. The molecule has 0 heterocycles. The van der Waals surface area contributed by atoms with Gasteiger partial charge in [-0.2, -0.15) is 0 Å². The summed E-state index contributed by atoms with van der Waals surface area (Å²) in [4.78, 5) is 0. The first kappa shape index (κ1) is 9.47. The third-order valence-corrected chi connectivity index (χ3v) is 0. The van der Waals surface area contributed by atoms with Crippen LogP contribution in [0.5, 0.6) is 0 Å². The predicted octanol–water partition coefficient (Wildman–Crippen LogP) is 0.406. The van der Waals surface area contributed by atoms with Crippen LogP contribution in [-0.4, -0.2) is 66.3 Å². The molecule has 0 nitrogen and oxygen atoms in total. The summed E-state index contributed by atoms with van der Waals surface area (Å²) in [6, 6.07) is 0. The minimum absolute atomic E-state index is 0. The second-order valence-corrected chi connectivity index (χ2v) is 2.12. The van der Waals surface area contributed by atoms with Crippen molar-refractivity contribution in [3.63, 3.8) is 0 Å². The average Bonchev–Trinajstić information content (AvgIpc) is 0.918. The van der Waals surface area contributed by atoms with Gasteiger partial charge in [-0.25, -0.2) is 0 Å². The molecule has 0 bridgehead atoms. The maximum absolute atomic E-state index is 2.19. The maximum Gasteiger partial charge on any atom is 0 e. The second-order valence-electron chi connectivity index (χ2n) is 0.408. The first-order chi connectivity index (χ1) is 1.41. The third-order valence-electron chi connectivity index (χ3n) is 0. The van der Waals surface area contributed by atoms with Crippen LogP contribution in [0.25, 0.3) is 0 Å². The van der Waals surface area contributed by atoms with Crippen LogP contribution in [0.2, 0.25) is 11.6 Å². The number of hydrogen-bond acceptors (Lipinski definition) is 0. The Morgan fingerprint density at radius 2 is 1.25 bits per heavy atom. The smallest absolute Gasteiger partial charge is 0 e. The molecule has 0 rings (SSSR count). The van der Waals surface area contributed by atoms with Gasteiger partial charge < -0.3 is 0 Å². The van der Waals surface area contributed by atoms with Gasteiger partial charge in [-0.1, -0.05) is 0 Å². The Hall–Kier alpha value is 2.16. The Morgan fingerprint density at radius 1 is 1.25 bits per heavy atom. The van der Waals surface area contributed by atoms with Gasteiger partial charge >= 0.3 is 26.6 Å². The molecule has 0 aliphatic carbocycles. The van der Waals surface area contributed by atoms with E-state index in [1.165, 1.54) is 0 Å². The largest absolute Gasteiger partial charge is 0 e. The summed E-state index contributed by atoms with van der Waals surface area (Å²) >= 11 is 0.875. The Labute approximate surface area is 76.3 Å². The molecule has 0 aliphatic heterocycles. The standard InChI is InChI=1S/C2H6Se.K/c1-3-2;/h1-2H3;. The fourth-order valence-electron chi connectivity index (χ4n) is 0. The van der Waals surface area contributed by atoms with Crippen molar-refractivity contribution in [1.29, 1.82) is 0 Å². The normalized spacial score (nSPS) is 4.50. The molecule has 0 saturated heterocycles. The van der Waals surface area contributed by atoms with Crippen LogP contribution < -0.4 is 0 Å². The zero-order chi connectivity index (χ0) is 2.71. The Bertz CT molecular complexity index is 6.00. The molecule has 2 heteroatoms. The SMILES string of the molecule is C[Se]C.[K]. The van der Waals surface area contributed by atoms with Gasteiger partial charge in [0.25, 0.3) is 0 Å². The Kier molecular flexibility index (Phi) is 21.2. The molecule has 0 spiro atoms. The minimum Gasteiger partial charge on any atom is 0 e. The van der Waals surface area contributed by atoms with Gasteiger partial charge in [0.2, 0.25) is 0 Å². The molecule has 0 aromatic carbocycles. The molecule has 1 radical (unpaired) electrons. The van der Waals surface area contributed by atoms with E-state index < -0.39 is 0 Å². The van der Waals surface area contributed by atoms with Crippen LogP contribution in [0.15, 0.2) is 0 Å². The van der Waals surface area contributed by atoms with Gasteiger partial charge in [-0.3, -0.25) is 0 Å². The van der Waals surface area contributed by atoms with Crippen molar-refractivity contribution >= 4 is 66.3 Å². The fourth-order valence-corrected chi connectivity index (χ4v) is 0. The van der Waals surface area contributed by atoms with Crippen LogP contribution in [0.1, 0.15) is 0 Å². The summed E-state index contributed by atoms with van der Waals surface area (Å²) in [5, 5.41) is 0. The number of hydrogen-bond donors (Lipinski definition) is 0. The molecule has 0 aromatic heterocycles. The average molecular weight is 148 g/mol. The van der Waals surface area contributed by atoms with Gasteiger partial charge in [-0.05, 0) is 0 Å². The van der Waals surface area contributed by atoms with Gasteiger partial charge in [0.05, 0.1) is 0 Å². The van der Waals surface area contributed by atoms with Gasteiger partial charge in [-0.15, -0.1) is 0 Å². The summed E-state index contributed by atoms with van der Waals surface area (Å²) in [6.45, 7) is 0. The van der Waals surface area contributed by atoms with Crippen molar-refractivity contribution in [2.75, 3.05) is 0 Å². The predicted molar refractivity (Wildman–Crippen MR) is 23.2 cm³/mol. The van der Waals surface area contributed by atoms with Crippen molar-refractivity contribution in [2.45, 2.75) is 11.6 Å². The van der Waals surface area contributed by atoms with E-state index in [1.54, 1.807) is 0 Å². The van der Waals surface area contributed by atoms with E-state index in [9.17, 15) is 0 Å². The van der Waals surface area contributed by atoms with Crippen molar-refractivity contribution < 1.29 is 0 Å². The number of rotatable bonds is 0. The summed E-state index contributed by atoms with van der Waals surface area (Å²) in [7, 11) is 0. The zero-order valence-electron chi connectivity index (χ0n) is 3.41. The molecule has 0 unspecified atom stereocenters. The van der Waals surface area contributed by atoms with Crippen LogP contribution >= 0.6 is 0 Å². The van der Waals surface area contributed by atoms with Crippen molar-refractivity contribution in [3.8, 4) is 0 Å². The van der Waals surface area contributed by atoms with Crippen molar-refractivity contribution in [1.82, 2.24) is 0 Å². The van der Waals surface area contributed by atoms with E-state index in [0.717, 1.165) is 15.0 Å². The van der Waals surface area contributed by atoms with Gasteiger partial charge in [0.1, 0.15) is 0 Å². The summed E-state index contributed by atoms with van der Waals surface area (Å²) in [5.74, 6) is 4.38. The minimum atomic E-state index is 0. The molecule has 0 saturated carbocycles. The van der Waals surface area contributed by atoms with E-state index >= 15 is 0 Å². The van der Waals surface area contributed by atoms with Gasteiger partial charge in [0.15, 0.2) is 0 Å². The van der Waals surface area contributed by atoms with E-state index in [-0.39, 0.29) is 51.4 Å². The van der Waals surface area contributed by atoms with Crippen LogP contribution in [0, 0.1) is 0 Å². The molecular weight excluding hydrogens is 142 g/mol. The first-order valence-electron chi connectivity index (χ1n) is 0.816. The van der Waals surface area contributed by atoms with Crippen LogP contribution in [-0.2, 0) is 0 Å². The molecule has 0 atom stereocenters. The Morgan fingerprint density at radius 3 is 1.25 bits per heavy atom. The topological polar surface area (TPSA) is 0 Å². The molecule has 4 heavy (non-hydrogen) atoms. The molecule has 21 valence electrons. The van der Waals surface area contributed by atoms with Crippen LogP contribution in [0.4, 0.5) is 0 Å². The maximum atomic E-state index is 2.19. The van der Waals surface area contributed by atoms with Gasteiger partial charge in [0, 0.05) is 51.4 Å². The Balaban J connectivity index is 0. The fraction of sp³-hybridized carbons (Fsp3) is 1.00. The van der Waals surface area contributed by atoms with Crippen molar-refractivity contribution in [3.05, 3.63) is 0 Å². The summed E-state index contributed by atoms with van der Waals surface area (Å²) < 4.78 is 0. The van der Waals surface area contributed by atoms with E-state index in [1.807, 2.05) is 0 Å². The second kappa shape index (κ2) is 8.94.